The van der Waals surface area contributed by atoms with Gasteiger partial charge in [0.15, 0.2) is 17.3 Å². The maximum absolute atomic E-state index is 14.4. The normalized spacial score (nSPS) is 24.6. The number of imidazole rings is 1. The quantitative estimate of drug-likeness (QED) is 0.431. The van der Waals surface area contributed by atoms with Gasteiger partial charge < -0.3 is 21.5 Å². The highest BCUT2D eigenvalue weighted by molar-refractivity contribution is 5.78. The number of nitrogens with zero attached hydrogens (tertiary/aromatic N) is 4. The maximum Gasteiger partial charge on any atom is 0.224 e. The van der Waals surface area contributed by atoms with E-state index in [9.17, 15) is 23.1 Å². The molecule has 12 heteroatoms. The van der Waals surface area contributed by atoms with Crippen molar-refractivity contribution in [2.45, 2.75) is 56.7 Å². The molecule has 0 radical (unpaired) electrons. The monoisotopic (exact) mass is 475 g/mol. The summed E-state index contributed by atoms with van der Waals surface area (Å²) < 4.78 is 43.9. The van der Waals surface area contributed by atoms with Crippen molar-refractivity contribution in [3.05, 3.63) is 35.8 Å². The van der Waals surface area contributed by atoms with Gasteiger partial charge >= 0.3 is 0 Å². The van der Waals surface area contributed by atoms with Gasteiger partial charge in [-0.1, -0.05) is 0 Å². The zero-order valence-electron chi connectivity index (χ0n) is 18.1. The summed E-state index contributed by atoms with van der Waals surface area (Å²) in [6, 6.07) is 1.06. The number of nitrogens with one attached hydrogen (secondary N) is 2. The van der Waals surface area contributed by atoms with E-state index in [1.54, 1.807) is 4.57 Å². The molecule has 5 N–H and O–H groups in total. The van der Waals surface area contributed by atoms with E-state index < -0.39 is 23.1 Å². The number of rotatable bonds is 6. The zero-order chi connectivity index (χ0) is 24.0. The highest BCUT2D eigenvalue weighted by Crippen LogP contribution is 2.37. The first-order chi connectivity index (χ1) is 16.3. The lowest BCUT2D eigenvalue weighted by molar-refractivity contribution is -0.122. The van der Waals surface area contributed by atoms with Crippen molar-refractivity contribution in [2.75, 3.05) is 10.6 Å². The van der Waals surface area contributed by atoms with E-state index >= 15 is 0 Å². The molecular formula is C22H24F3N7O2. The van der Waals surface area contributed by atoms with Gasteiger partial charge in [-0.25, -0.2) is 23.1 Å². The molecule has 0 unspecified atom stereocenters. The van der Waals surface area contributed by atoms with Crippen molar-refractivity contribution in [1.29, 1.82) is 0 Å². The molecular weight excluding hydrogens is 451 g/mol. The van der Waals surface area contributed by atoms with Crippen LogP contribution in [0.5, 0.6) is 0 Å². The average molecular weight is 475 g/mol. The Balaban J connectivity index is 1.52. The van der Waals surface area contributed by atoms with Crippen LogP contribution >= 0.6 is 0 Å². The number of primary amides is 1. The van der Waals surface area contributed by atoms with Crippen LogP contribution < -0.4 is 16.4 Å². The summed E-state index contributed by atoms with van der Waals surface area (Å²) in [7, 11) is 0. The minimum Gasteiger partial charge on any atom is -0.393 e. The van der Waals surface area contributed by atoms with Crippen molar-refractivity contribution >= 4 is 34.7 Å². The lowest BCUT2D eigenvalue weighted by Crippen LogP contribution is -2.39. The number of carbonyl (C=O) groups excluding carboxylic acids is 1. The van der Waals surface area contributed by atoms with Crippen LogP contribution in [0.3, 0.4) is 0 Å². The van der Waals surface area contributed by atoms with Gasteiger partial charge in [0, 0.05) is 30.1 Å². The van der Waals surface area contributed by atoms with Gasteiger partial charge in [-0.3, -0.25) is 9.36 Å². The van der Waals surface area contributed by atoms with E-state index in [-0.39, 0.29) is 36.0 Å². The molecule has 0 spiro atoms. The minimum atomic E-state index is -1.09. The third-order valence-corrected chi connectivity index (χ3v) is 6.59. The average Bonchev–Trinajstić information content (AvgIpc) is 3.12. The molecule has 180 valence electrons. The smallest absolute Gasteiger partial charge is 0.224 e. The highest BCUT2D eigenvalue weighted by atomic mass is 19.1. The summed E-state index contributed by atoms with van der Waals surface area (Å²) in [6.07, 6.45) is 4.65. The summed E-state index contributed by atoms with van der Waals surface area (Å²) in [6.45, 7) is 0. The Morgan fingerprint density at radius 1 is 1.09 bits per heavy atom. The number of aromatic nitrogens is 4. The molecule has 0 aliphatic heterocycles. The number of aliphatic hydroxyl groups excluding tert-OH is 1. The van der Waals surface area contributed by atoms with Crippen LogP contribution in [0.1, 0.15) is 44.6 Å². The highest BCUT2D eigenvalue weighted by Gasteiger charge is 2.31. The Hall–Kier alpha value is -3.41. The van der Waals surface area contributed by atoms with Crippen molar-refractivity contribution in [3.8, 4) is 0 Å². The molecule has 5 rings (SSSR count). The van der Waals surface area contributed by atoms with Crippen molar-refractivity contribution in [3.63, 3.8) is 0 Å². The summed E-state index contributed by atoms with van der Waals surface area (Å²) in [5.74, 6) is -3.31. The van der Waals surface area contributed by atoms with E-state index in [0.717, 1.165) is 0 Å². The van der Waals surface area contributed by atoms with Gasteiger partial charge in [-0.15, -0.1) is 0 Å². The van der Waals surface area contributed by atoms with Crippen LogP contribution in [0, 0.1) is 23.4 Å². The van der Waals surface area contributed by atoms with Gasteiger partial charge in [0.25, 0.3) is 0 Å². The Morgan fingerprint density at radius 3 is 2.38 bits per heavy atom. The van der Waals surface area contributed by atoms with Crippen LogP contribution in [0.25, 0.3) is 11.2 Å². The first-order valence-corrected chi connectivity index (χ1v) is 11.2. The predicted octanol–water partition coefficient (Wildman–Crippen LogP) is 3.14. The molecule has 2 aliphatic carbocycles. The second kappa shape index (κ2) is 8.75. The van der Waals surface area contributed by atoms with Gasteiger partial charge in [0.1, 0.15) is 17.0 Å². The fourth-order valence-corrected chi connectivity index (χ4v) is 4.67. The number of fused-ring (bicyclic) bond motifs is 1. The van der Waals surface area contributed by atoms with Gasteiger partial charge in [0.05, 0.1) is 12.3 Å². The molecule has 2 aromatic heterocycles. The standard InChI is InChI=1S/C22H24F3N7O2/c23-11-5-15(24)18(16(25)6-11)30-22-29-17-9-27-21(28-12-7-14(33)8-12)31-20(17)32(22)13-3-1-10(2-4-13)19(26)34/h5-6,9-10,12-14,33H,1-4,7-8H2,(H2,26,34)(H,29,30)(H,27,28,31). The molecule has 2 aliphatic rings. The molecule has 1 amide bonds. The first-order valence-electron chi connectivity index (χ1n) is 11.2. The zero-order valence-corrected chi connectivity index (χ0v) is 18.1. The van der Waals surface area contributed by atoms with Gasteiger partial charge in [-0.2, -0.15) is 4.98 Å². The van der Waals surface area contributed by atoms with Crippen molar-refractivity contribution in [2.24, 2.45) is 11.7 Å². The van der Waals surface area contributed by atoms with Crippen LogP contribution in [0.4, 0.5) is 30.8 Å². The van der Waals surface area contributed by atoms with Gasteiger partial charge in [-0.05, 0) is 38.5 Å². The number of anilines is 3. The van der Waals surface area contributed by atoms with E-state index in [4.69, 9.17) is 5.73 Å². The Kier molecular flexibility index (Phi) is 5.76. The molecule has 3 aromatic rings. The van der Waals surface area contributed by atoms with Crippen molar-refractivity contribution in [1.82, 2.24) is 19.5 Å². The molecule has 2 saturated carbocycles. The number of hydrogen-bond acceptors (Lipinski definition) is 7. The van der Waals surface area contributed by atoms with Crippen LogP contribution in [-0.4, -0.2) is 42.7 Å². The Labute approximate surface area is 192 Å². The molecule has 0 atom stereocenters. The molecule has 0 saturated heterocycles. The first kappa shape index (κ1) is 22.4. The Morgan fingerprint density at radius 2 is 1.76 bits per heavy atom. The molecule has 9 nitrogen and oxygen atoms in total. The second-order valence-corrected chi connectivity index (χ2v) is 8.95. The number of benzene rings is 1. The van der Waals surface area contributed by atoms with Crippen molar-refractivity contribution < 1.29 is 23.1 Å². The SMILES string of the molecule is NC(=O)C1CCC(n2c(Nc3c(F)cc(F)cc3F)nc3cnc(NC4CC(O)C4)nc32)CC1. The molecule has 2 fully saturated rings. The van der Waals surface area contributed by atoms with E-state index in [2.05, 4.69) is 25.6 Å². The molecule has 0 bridgehead atoms. The lowest BCUT2D eigenvalue weighted by atomic mass is 9.85. The summed E-state index contributed by atoms with van der Waals surface area (Å²) in [5.41, 5.74) is 5.79. The van der Waals surface area contributed by atoms with Crippen LogP contribution in [-0.2, 0) is 4.79 Å². The topological polar surface area (TPSA) is 131 Å². The number of aliphatic hydroxyl groups is 1. The van der Waals surface area contributed by atoms with E-state index in [0.29, 0.717) is 67.8 Å². The molecule has 34 heavy (non-hydrogen) atoms. The lowest BCUT2D eigenvalue weighted by Gasteiger charge is -2.32. The summed E-state index contributed by atoms with van der Waals surface area (Å²) in [5, 5.41) is 15.4. The second-order valence-electron chi connectivity index (χ2n) is 8.95. The number of hydrogen-bond donors (Lipinski definition) is 4. The van der Waals surface area contributed by atoms with E-state index in [1.807, 2.05) is 0 Å². The fourth-order valence-electron chi connectivity index (χ4n) is 4.67. The molecule has 2 heterocycles. The number of halogens is 3. The largest absolute Gasteiger partial charge is 0.393 e. The van der Waals surface area contributed by atoms with Gasteiger partial charge in [0.2, 0.25) is 17.8 Å². The minimum absolute atomic E-state index is 0.0508. The number of amides is 1. The third kappa shape index (κ3) is 4.25. The predicted molar refractivity (Wildman–Crippen MR) is 118 cm³/mol. The summed E-state index contributed by atoms with van der Waals surface area (Å²) >= 11 is 0. The maximum atomic E-state index is 14.4. The number of nitrogens with two attached hydrogens (primary N) is 1. The number of carbonyl (C=O) groups is 1. The van der Waals surface area contributed by atoms with Crippen LogP contribution in [0.2, 0.25) is 0 Å². The molecule has 1 aromatic carbocycles. The van der Waals surface area contributed by atoms with E-state index in [1.165, 1.54) is 6.20 Å². The third-order valence-electron chi connectivity index (χ3n) is 6.59. The Bertz CT molecular complexity index is 1210. The summed E-state index contributed by atoms with van der Waals surface area (Å²) in [4.78, 5) is 24.9. The van der Waals surface area contributed by atoms with Crippen LogP contribution in [0.15, 0.2) is 18.3 Å². The fraction of sp³-hybridized carbons (Fsp3) is 0.455.